The molecule has 0 aliphatic carbocycles. The predicted molar refractivity (Wildman–Crippen MR) is 97.2 cm³/mol. The zero-order valence-electron chi connectivity index (χ0n) is 14.1. The van der Waals surface area contributed by atoms with Crippen molar-refractivity contribution in [1.29, 1.82) is 0 Å². The van der Waals surface area contributed by atoms with Gasteiger partial charge in [-0.25, -0.2) is 4.52 Å². The summed E-state index contributed by atoms with van der Waals surface area (Å²) >= 11 is 1.22. The number of aryl methyl sites for hydroxylation is 1. The second-order valence-electron chi connectivity index (χ2n) is 5.50. The molecule has 0 fully saturated rings. The van der Waals surface area contributed by atoms with Gasteiger partial charge in [0.1, 0.15) is 5.03 Å². The first kappa shape index (κ1) is 17.2. The molecule has 3 rings (SSSR count). The highest BCUT2D eigenvalue weighted by Gasteiger charge is 2.22. The van der Waals surface area contributed by atoms with Gasteiger partial charge in [0.15, 0.2) is 5.78 Å². The fraction of sp³-hybridized carbons (Fsp3) is 0.211. The van der Waals surface area contributed by atoms with Crippen molar-refractivity contribution in [3.63, 3.8) is 0 Å². The van der Waals surface area contributed by atoms with Gasteiger partial charge in [-0.3, -0.25) is 9.59 Å². The van der Waals surface area contributed by atoms with Gasteiger partial charge in [0.2, 0.25) is 0 Å². The predicted octanol–water partition coefficient (Wildman–Crippen LogP) is 3.53. The summed E-state index contributed by atoms with van der Waals surface area (Å²) in [6, 6.07) is 13.0. The molecule has 0 aliphatic heterocycles. The maximum absolute atomic E-state index is 13.0. The summed E-state index contributed by atoms with van der Waals surface area (Å²) in [6.45, 7) is 4.07. The molecule has 128 valence electrons. The molecule has 1 aromatic carbocycles. The molecule has 0 aliphatic rings. The van der Waals surface area contributed by atoms with Crippen LogP contribution in [0.25, 0.3) is 5.52 Å². The van der Waals surface area contributed by atoms with Gasteiger partial charge in [-0.1, -0.05) is 47.7 Å². The number of aromatic nitrogens is 2. The second kappa shape index (κ2) is 7.53. The molecule has 0 saturated heterocycles. The Labute approximate surface area is 150 Å². The third kappa shape index (κ3) is 3.74. The number of benzene rings is 1. The molecular weight excluding hydrogens is 336 g/mol. The van der Waals surface area contributed by atoms with E-state index in [2.05, 4.69) is 5.10 Å². The number of thioether (sulfide) groups is 1. The molecule has 25 heavy (non-hydrogen) atoms. The standard InChI is InChI=1S/C19H18N2O3S/c1-3-24-16(22)12-25-19-17(15-6-4-5-11-21(15)20-19)18(23)14-9-7-13(2)8-10-14/h4-11H,3,12H2,1-2H3. The number of carbonyl (C=O) groups is 2. The Hall–Kier alpha value is -2.60. The average Bonchev–Trinajstić information content (AvgIpc) is 2.98. The van der Waals surface area contributed by atoms with Gasteiger partial charge in [-0.15, -0.1) is 0 Å². The fourth-order valence-electron chi connectivity index (χ4n) is 2.47. The highest BCUT2D eigenvalue weighted by atomic mass is 32.2. The van der Waals surface area contributed by atoms with Crippen LogP contribution in [0.2, 0.25) is 0 Å². The van der Waals surface area contributed by atoms with Gasteiger partial charge in [-0.2, -0.15) is 5.10 Å². The zero-order chi connectivity index (χ0) is 17.8. The maximum atomic E-state index is 13.0. The fourth-order valence-corrected chi connectivity index (χ4v) is 3.30. The molecular formula is C19H18N2O3S. The number of esters is 1. The summed E-state index contributed by atoms with van der Waals surface area (Å²) in [7, 11) is 0. The van der Waals surface area contributed by atoms with Crippen LogP contribution in [0.1, 0.15) is 28.4 Å². The van der Waals surface area contributed by atoms with Crippen LogP contribution in [0.3, 0.4) is 0 Å². The van der Waals surface area contributed by atoms with Gasteiger partial charge in [0.05, 0.1) is 23.4 Å². The van der Waals surface area contributed by atoms with E-state index in [1.807, 2.05) is 49.4 Å². The smallest absolute Gasteiger partial charge is 0.316 e. The Balaban J connectivity index is 1.99. The van der Waals surface area contributed by atoms with E-state index >= 15 is 0 Å². The van der Waals surface area contributed by atoms with E-state index in [0.29, 0.717) is 22.8 Å². The summed E-state index contributed by atoms with van der Waals surface area (Å²) in [5.74, 6) is -0.308. The highest BCUT2D eigenvalue weighted by Crippen LogP contribution is 2.28. The zero-order valence-corrected chi connectivity index (χ0v) is 14.9. The SMILES string of the molecule is CCOC(=O)CSc1nn2ccccc2c1C(=O)c1ccc(C)cc1. The Morgan fingerprint density at radius 2 is 1.92 bits per heavy atom. The molecule has 3 aromatic rings. The molecule has 2 aromatic heterocycles. The molecule has 0 atom stereocenters. The van der Waals surface area contributed by atoms with Crippen molar-refractivity contribution in [3.05, 3.63) is 65.4 Å². The first-order valence-corrected chi connectivity index (χ1v) is 8.96. The quantitative estimate of drug-likeness (QED) is 0.385. The lowest BCUT2D eigenvalue weighted by Crippen LogP contribution is -2.08. The van der Waals surface area contributed by atoms with Crippen LogP contribution in [-0.4, -0.2) is 33.7 Å². The summed E-state index contributed by atoms with van der Waals surface area (Å²) < 4.78 is 6.62. The summed E-state index contributed by atoms with van der Waals surface area (Å²) in [5.41, 5.74) is 2.92. The summed E-state index contributed by atoms with van der Waals surface area (Å²) in [6.07, 6.45) is 1.79. The van der Waals surface area contributed by atoms with Crippen molar-refractivity contribution in [2.24, 2.45) is 0 Å². The second-order valence-corrected chi connectivity index (χ2v) is 6.46. The molecule has 0 unspecified atom stereocenters. The van der Waals surface area contributed by atoms with Gasteiger partial charge in [0, 0.05) is 11.8 Å². The Bertz CT molecular complexity index is 916. The minimum absolute atomic E-state index is 0.104. The highest BCUT2D eigenvalue weighted by molar-refractivity contribution is 8.00. The number of nitrogens with zero attached hydrogens (tertiary/aromatic N) is 2. The number of hydrogen-bond acceptors (Lipinski definition) is 5. The summed E-state index contributed by atoms with van der Waals surface area (Å²) in [4.78, 5) is 24.7. The van der Waals surface area contributed by atoms with E-state index < -0.39 is 0 Å². The lowest BCUT2D eigenvalue weighted by molar-refractivity contribution is -0.139. The van der Waals surface area contributed by atoms with Crippen LogP contribution in [0, 0.1) is 6.92 Å². The van der Waals surface area contributed by atoms with Crippen molar-refractivity contribution in [1.82, 2.24) is 9.61 Å². The third-order valence-electron chi connectivity index (χ3n) is 3.68. The number of fused-ring (bicyclic) bond motifs is 1. The van der Waals surface area contributed by atoms with E-state index in [9.17, 15) is 9.59 Å². The van der Waals surface area contributed by atoms with Gasteiger partial charge >= 0.3 is 5.97 Å². The minimum Gasteiger partial charge on any atom is -0.465 e. The number of pyridine rings is 1. The van der Waals surface area contributed by atoms with E-state index in [0.717, 1.165) is 11.1 Å². The van der Waals surface area contributed by atoms with Gasteiger partial charge in [0.25, 0.3) is 0 Å². The lowest BCUT2D eigenvalue weighted by atomic mass is 10.0. The monoisotopic (exact) mass is 354 g/mol. The van der Waals surface area contributed by atoms with Crippen LogP contribution >= 0.6 is 11.8 Å². The minimum atomic E-state index is -0.321. The number of rotatable bonds is 6. The van der Waals surface area contributed by atoms with Gasteiger partial charge < -0.3 is 4.74 Å². The topological polar surface area (TPSA) is 60.7 Å². The molecule has 0 saturated carbocycles. The largest absolute Gasteiger partial charge is 0.465 e. The first-order valence-electron chi connectivity index (χ1n) is 7.97. The van der Waals surface area contributed by atoms with E-state index in [1.54, 1.807) is 17.6 Å². The maximum Gasteiger partial charge on any atom is 0.316 e. The Kier molecular flexibility index (Phi) is 5.19. The van der Waals surface area contributed by atoms with Gasteiger partial charge in [-0.05, 0) is 26.0 Å². The molecule has 5 nitrogen and oxygen atoms in total. The molecule has 0 spiro atoms. The normalized spacial score (nSPS) is 10.8. The average molecular weight is 354 g/mol. The molecule has 6 heteroatoms. The molecule has 0 bridgehead atoms. The van der Waals surface area contributed by atoms with Crippen LogP contribution in [-0.2, 0) is 9.53 Å². The third-order valence-corrected chi connectivity index (χ3v) is 4.62. The number of ketones is 1. The first-order chi connectivity index (χ1) is 12.1. The molecule has 2 heterocycles. The number of ether oxygens (including phenoxy) is 1. The van der Waals surface area contributed by atoms with Crippen molar-refractivity contribution in [2.45, 2.75) is 18.9 Å². The Morgan fingerprint density at radius 3 is 2.64 bits per heavy atom. The number of carbonyl (C=O) groups excluding carboxylic acids is 2. The van der Waals surface area contributed by atoms with Crippen LogP contribution in [0.4, 0.5) is 0 Å². The van der Waals surface area contributed by atoms with E-state index in [1.165, 1.54) is 11.8 Å². The Morgan fingerprint density at radius 1 is 1.16 bits per heavy atom. The van der Waals surface area contributed by atoms with E-state index in [-0.39, 0.29) is 17.5 Å². The molecule has 0 amide bonds. The summed E-state index contributed by atoms with van der Waals surface area (Å²) in [5, 5.41) is 4.99. The van der Waals surface area contributed by atoms with Crippen LogP contribution < -0.4 is 0 Å². The van der Waals surface area contributed by atoms with E-state index in [4.69, 9.17) is 4.74 Å². The van der Waals surface area contributed by atoms with Crippen LogP contribution in [0.5, 0.6) is 0 Å². The molecule has 0 radical (unpaired) electrons. The van der Waals surface area contributed by atoms with Crippen molar-refractivity contribution in [3.8, 4) is 0 Å². The van der Waals surface area contributed by atoms with Crippen molar-refractivity contribution in [2.75, 3.05) is 12.4 Å². The van der Waals surface area contributed by atoms with Crippen molar-refractivity contribution >= 4 is 29.0 Å². The van der Waals surface area contributed by atoms with Crippen LogP contribution in [0.15, 0.2) is 53.7 Å². The van der Waals surface area contributed by atoms with Crippen molar-refractivity contribution < 1.29 is 14.3 Å². The molecule has 0 N–H and O–H groups in total. The number of hydrogen-bond donors (Lipinski definition) is 0. The lowest BCUT2D eigenvalue weighted by Gasteiger charge is -2.04.